The summed E-state index contributed by atoms with van der Waals surface area (Å²) < 4.78 is 0. The second-order valence-corrected chi connectivity index (χ2v) is 4.74. The highest BCUT2D eigenvalue weighted by Gasteiger charge is 2.16. The van der Waals surface area contributed by atoms with E-state index in [0.29, 0.717) is 6.04 Å². The lowest BCUT2D eigenvalue weighted by atomic mass is 10.1. The summed E-state index contributed by atoms with van der Waals surface area (Å²) in [6.45, 7) is 5.35. The van der Waals surface area contributed by atoms with E-state index in [-0.39, 0.29) is 0 Å². The first kappa shape index (κ1) is 12.2. The molecule has 0 amide bonds. The normalized spacial score (nSPS) is 21.2. The van der Waals surface area contributed by atoms with E-state index in [1.165, 1.54) is 19.4 Å². The maximum Gasteiger partial charge on any atom is 0.0550 e. The molecule has 1 aromatic rings. The smallest absolute Gasteiger partial charge is 0.0550 e. The molecule has 1 fully saturated rings. The Morgan fingerprint density at radius 3 is 3.00 bits per heavy atom. The minimum Gasteiger partial charge on any atom is -0.384 e. The summed E-state index contributed by atoms with van der Waals surface area (Å²) in [7, 11) is 2.18. The molecule has 17 heavy (non-hydrogen) atoms. The highest BCUT2D eigenvalue weighted by molar-refractivity contribution is 5.54. The molecule has 0 spiro atoms. The van der Waals surface area contributed by atoms with Gasteiger partial charge in [-0.3, -0.25) is 4.98 Å². The van der Waals surface area contributed by atoms with Crippen LogP contribution in [0.4, 0.5) is 11.4 Å². The summed E-state index contributed by atoms with van der Waals surface area (Å²) in [6, 6.07) is 2.68. The molecule has 0 bridgehead atoms. The zero-order chi connectivity index (χ0) is 12.1. The molecule has 1 aliphatic heterocycles. The first-order valence-electron chi connectivity index (χ1n) is 6.42. The fourth-order valence-corrected chi connectivity index (χ4v) is 2.34. The molecule has 94 valence electrons. The lowest BCUT2D eigenvalue weighted by Crippen LogP contribution is -2.39. The lowest BCUT2D eigenvalue weighted by Gasteiger charge is -2.30. The summed E-state index contributed by atoms with van der Waals surface area (Å²) >= 11 is 0. The molecule has 1 unspecified atom stereocenters. The predicted molar refractivity (Wildman–Crippen MR) is 72.5 cm³/mol. The van der Waals surface area contributed by atoms with Crippen molar-refractivity contribution in [1.82, 2.24) is 9.88 Å². The number of aromatic nitrogens is 1. The number of hydrogen-bond donors (Lipinski definition) is 2. The van der Waals surface area contributed by atoms with Crippen molar-refractivity contribution in [3.8, 4) is 0 Å². The van der Waals surface area contributed by atoms with Gasteiger partial charge < -0.3 is 15.5 Å². The largest absolute Gasteiger partial charge is 0.384 e. The van der Waals surface area contributed by atoms with E-state index < -0.39 is 0 Å². The van der Waals surface area contributed by atoms with Crippen molar-refractivity contribution in [2.24, 2.45) is 0 Å². The Bertz CT molecular complexity index is 353. The number of rotatable bonds is 4. The Morgan fingerprint density at radius 1 is 1.41 bits per heavy atom. The maximum atomic E-state index is 4.25. The van der Waals surface area contributed by atoms with Crippen LogP contribution in [0.2, 0.25) is 0 Å². The third-order valence-corrected chi connectivity index (χ3v) is 3.11. The van der Waals surface area contributed by atoms with Crippen molar-refractivity contribution >= 4 is 11.4 Å². The van der Waals surface area contributed by atoms with E-state index in [0.717, 1.165) is 24.5 Å². The van der Waals surface area contributed by atoms with Crippen molar-refractivity contribution in [2.45, 2.75) is 25.8 Å². The fraction of sp³-hybridized carbons (Fsp3) is 0.615. The van der Waals surface area contributed by atoms with Crippen molar-refractivity contribution in [2.75, 3.05) is 37.3 Å². The number of nitrogens with zero attached hydrogens (tertiary/aromatic N) is 2. The maximum absolute atomic E-state index is 4.25. The van der Waals surface area contributed by atoms with Crippen molar-refractivity contribution in [1.29, 1.82) is 0 Å². The number of piperidine rings is 1. The molecule has 2 N–H and O–H groups in total. The van der Waals surface area contributed by atoms with Crippen molar-refractivity contribution < 1.29 is 0 Å². The molecule has 1 saturated heterocycles. The van der Waals surface area contributed by atoms with Gasteiger partial charge in [0.1, 0.15) is 0 Å². The zero-order valence-electron chi connectivity index (χ0n) is 10.7. The summed E-state index contributed by atoms with van der Waals surface area (Å²) in [4.78, 5) is 6.63. The Labute approximate surface area is 103 Å². The van der Waals surface area contributed by atoms with Gasteiger partial charge >= 0.3 is 0 Å². The third-order valence-electron chi connectivity index (χ3n) is 3.11. The second kappa shape index (κ2) is 5.87. The summed E-state index contributed by atoms with van der Waals surface area (Å²) in [5.41, 5.74) is 2.20. The summed E-state index contributed by atoms with van der Waals surface area (Å²) in [5, 5.41) is 6.85. The van der Waals surface area contributed by atoms with Crippen LogP contribution in [0.5, 0.6) is 0 Å². The number of nitrogens with one attached hydrogen (secondary N) is 2. The number of pyridine rings is 1. The van der Waals surface area contributed by atoms with Gasteiger partial charge in [0.05, 0.1) is 23.8 Å². The second-order valence-electron chi connectivity index (χ2n) is 4.74. The van der Waals surface area contributed by atoms with Crippen LogP contribution in [-0.2, 0) is 0 Å². The average molecular weight is 234 g/mol. The van der Waals surface area contributed by atoms with Crippen LogP contribution in [0.25, 0.3) is 0 Å². The van der Waals surface area contributed by atoms with Crippen LogP contribution in [-0.4, -0.2) is 42.6 Å². The van der Waals surface area contributed by atoms with Gasteiger partial charge in [0.15, 0.2) is 0 Å². The Balaban J connectivity index is 1.95. The SMILES string of the molecule is CCNc1cncc(NC2CCCN(C)C2)c1. The van der Waals surface area contributed by atoms with Crippen LogP contribution in [0.3, 0.4) is 0 Å². The number of likely N-dealkylation sites (tertiary alicyclic amines) is 1. The van der Waals surface area contributed by atoms with Gasteiger partial charge in [-0.15, -0.1) is 0 Å². The minimum atomic E-state index is 0.549. The molecule has 1 aromatic heterocycles. The van der Waals surface area contributed by atoms with E-state index in [1.807, 2.05) is 12.4 Å². The number of anilines is 2. The monoisotopic (exact) mass is 234 g/mol. The fourth-order valence-electron chi connectivity index (χ4n) is 2.34. The molecule has 0 saturated carbocycles. The van der Waals surface area contributed by atoms with Crippen LogP contribution >= 0.6 is 0 Å². The molecule has 4 heteroatoms. The van der Waals surface area contributed by atoms with E-state index in [4.69, 9.17) is 0 Å². The molecule has 1 aliphatic rings. The molecule has 4 nitrogen and oxygen atoms in total. The van der Waals surface area contributed by atoms with Gasteiger partial charge in [0.2, 0.25) is 0 Å². The van der Waals surface area contributed by atoms with Gasteiger partial charge in [-0.05, 0) is 39.4 Å². The Morgan fingerprint density at radius 2 is 2.24 bits per heavy atom. The first-order valence-corrected chi connectivity index (χ1v) is 6.42. The Hall–Kier alpha value is -1.29. The highest BCUT2D eigenvalue weighted by atomic mass is 15.1. The van der Waals surface area contributed by atoms with Gasteiger partial charge in [-0.2, -0.15) is 0 Å². The zero-order valence-corrected chi connectivity index (χ0v) is 10.7. The van der Waals surface area contributed by atoms with Crippen molar-refractivity contribution in [3.05, 3.63) is 18.5 Å². The van der Waals surface area contributed by atoms with Gasteiger partial charge in [-0.25, -0.2) is 0 Å². The summed E-state index contributed by atoms with van der Waals surface area (Å²) in [5.74, 6) is 0. The molecule has 2 heterocycles. The molecular formula is C13H22N4. The summed E-state index contributed by atoms with van der Waals surface area (Å²) in [6.07, 6.45) is 6.28. The van der Waals surface area contributed by atoms with Gasteiger partial charge in [-0.1, -0.05) is 0 Å². The predicted octanol–water partition coefficient (Wildman–Crippen LogP) is 2.02. The van der Waals surface area contributed by atoms with Gasteiger partial charge in [0, 0.05) is 19.1 Å². The van der Waals surface area contributed by atoms with Crippen LogP contribution in [0.1, 0.15) is 19.8 Å². The quantitative estimate of drug-likeness (QED) is 0.836. The van der Waals surface area contributed by atoms with Crippen LogP contribution in [0.15, 0.2) is 18.5 Å². The molecule has 1 atom stereocenters. The molecule has 0 aliphatic carbocycles. The van der Waals surface area contributed by atoms with Crippen molar-refractivity contribution in [3.63, 3.8) is 0 Å². The first-order chi connectivity index (χ1) is 8.28. The number of likely N-dealkylation sites (N-methyl/N-ethyl adjacent to an activating group) is 1. The topological polar surface area (TPSA) is 40.2 Å². The third kappa shape index (κ3) is 3.60. The number of hydrogen-bond acceptors (Lipinski definition) is 4. The minimum absolute atomic E-state index is 0.549. The average Bonchev–Trinajstić information content (AvgIpc) is 2.30. The Kier molecular flexibility index (Phi) is 4.20. The van der Waals surface area contributed by atoms with E-state index in [2.05, 4.69) is 40.6 Å². The van der Waals surface area contributed by atoms with Gasteiger partial charge in [0.25, 0.3) is 0 Å². The molecular weight excluding hydrogens is 212 g/mol. The van der Waals surface area contributed by atoms with Crippen LogP contribution < -0.4 is 10.6 Å². The highest BCUT2D eigenvalue weighted by Crippen LogP contribution is 2.17. The molecule has 0 radical (unpaired) electrons. The van der Waals surface area contributed by atoms with E-state index in [9.17, 15) is 0 Å². The molecule has 0 aromatic carbocycles. The van der Waals surface area contributed by atoms with E-state index in [1.54, 1.807) is 0 Å². The standard InChI is InChI=1S/C13H22N4/c1-3-15-12-7-13(9-14-8-12)16-11-5-4-6-17(2)10-11/h7-9,11,15-16H,3-6,10H2,1-2H3. The van der Waals surface area contributed by atoms with Crippen LogP contribution in [0, 0.1) is 0 Å². The lowest BCUT2D eigenvalue weighted by molar-refractivity contribution is 0.261. The van der Waals surface area contributed by atoms with E-state index >= 15 is 0 Å². The molecule has 2 rings (SSSR count).